The van der Waals surface area contributed by atoms with E-state index in [1.807, 2.05) is 6.92 Å². The molecular weight excluding hydrogens is 356 g/mol. The zero-order valence-corrected chi connectivity index (χ0v) is 15.4. The van der Waals surface area contributed by atoms with Crippen LogP contribution in [0.25, 0.3) is 0 Å². The monoisotopic (exact) mass is 382 g/mol. The van der Waals surface area contributed by atoms with E-state index in [1.165, 1.54) is 4.90 Å². The van der Waals surface area contributed by atoms with Gasteiger partial charge in [-0.25, -0.2) is 8.42 Å². The van der Waals surface area contributed by atoms with Gasteiger partial charge in [0.05, 0.1) is 32.2 Å². The molecule has 146 valence electrons. The highest BCUT2D eigenvalue weighted by atomic mass is 32.2. The maximum Gasteiger partial charge on any atom is 0.318 e. The van der Waals surface area contributed by atoms with E-state index in [0.717, 1.165) is 10.6 Å². The number of carboxylic acid groups (broad SMARTS) is 1. The van der Waals surface area contributed by atoms with Crippen molar-refractivity contribution >= 4 is 21.9 Å². The highest BCUT2D eigenvalue weighted by Crippen LogP contribution is 2.10. The molecule has 0 radical (unpaired) electrons. The van der Waals surface area contributed by atoms with Gasteiger partial charge in [-0.2, -0.15) is 4.31 Å². The maximum atomic E-state index is 12.1. The number of carbonyl (C=O) groups excluding carboxylic acids is 1. The molecule has 0 aromatic rings. The van der Waals surface area contributed by atoms with E-state index in [-0.39, 0.29) is 32.2 Å². The van der Waals surface area contributed by atoms with E-state index in [0.29, 0.717) is 26.4 Å². The molecule has 1 aliphatic rings. The van der Waals surface area contributed by atoms with Gasteiger partial charge in [-0.15, -0.1) is 0 Å². The lowest BCUT2D eigenvalue weighted by molar-refractivity contribution is -0.145. The summed E-state index contributed by atoms with van der Waals surface area (Å²) in [7, 11) is -3.69. The summed E-state index contributed by atoms with van der Waals surface area (Å²) in [5, 5.41) is 8.84. The first kappa shape index (κ1) is 21.8. The normalized spacial score (nSPS) is 18.5. The van der Waals surface area contributed by atoms with Crippen LogP contribution >= 0.6 is 0 Å². The molecule has 0 aromatic carbocycles. The van der Waals surface area contributed by atoms with Crippen LogP contribution in [0.3, 0.4) is 0 Å². The quantitative estimate of drug-likeness (QED) is 0.434. The lowest BCUT2D eigenvalue weighted by atomic mass is 10.2. The molecule has 0 aliphatic carbocycles. The fourth-order valence-electron chi connectivity index (χ4n) is 2.26. The summed E-state index contributed by atoms with van der Waals surface area (Å²) >= 11 is 0. The average Bonchev–Trinajstić information content (AvgIpc) is 2.53. The fraction of sp³-hybridized carbons (Fsp3) is 0.857. The van der Waals surface area contributed by atoms with Crippen LogP contribution in [-0.2, 0) is 33.8 Å². The topological polar surface area (TPSA) is 123 Å². The summed E-state index contributed by atoms with van der Waals surface area (Å²) in [6, 6.07) is 0. The van der Waals surface area contributed by atoms with Gasteiger partial charge in [0.1, 0.15) is 13.2 Å². The van der Waals surface area contributed by atoms with Crippen molar-refractivity contribution in [1.29, 1.82) is 0 Å². The number of hydrogen-bond donors (Lipinski definition) is 1. The van der Waals surface area contributed by atoms with Gasteiger partial charge in [0.25, 0.3) is 0 Å². The van der Waals surface area contributed by atoms with Gasteiger partial charge >= 0.3 is 5.97 Å². The first-order valence-electron chi connectivity index (χ1n) is 7.95. The number of carboxylic acids is 1. The van der Waals surface area contributed by atoms with Gasteiger partial charge in [0.2, 0.25) is 15.9 Å². The Morgan fingerprint density at radius 2 is 2.00 bits per heavy atom. The van der Waals surface area contributed by atoms with Crippen molar-refractivity contribution in [3.8, 4) is 0 Å². The molecule has 1 saturated heterocycles. The Morgan fingerprint density at radius 1 is 1.32 bits per heavy atom. The zero-order chi connectivity index (χ0) is 18.9. The van der Waals surface area contributed by atoms with Gasteiger partial charge in [-0.05, 0) is 6.92 Å². The van der Waals surface area contributed by atoms with Gasteiger partial charge in [0, 0.05) is 26.2 Å². The summed E-state index contributed by atoms with van der Waals surface area (Å²) in [5.41, 5.74) is 0. The first-order valence-corrected chi connectivity index (χ1v) is 9.80. The van der Waals surface area contributed by atoms with Crippen molar-refractivity contribution in [2.24, 2.45) is 0 Å². The SMILES string of the molecule is CCOCCOCC(=O)N1CCOC(CN(CC(=O)O)S(C)(=O)=O)C1. The lowest BCUT2D eigenvalue weighted by Gasteiger charge is -2.34. The average molecular weight is 382 g/mol. The lowest BCUT2D eigenvalue weighted by Crippen LogP contribution is -2.51. The number of ether oxygens (including phenoxy) is 3. The van der Waals surface area contributed by atoms with Gasteiger partial charge in [0.15, 0.2) is 0 Å². The summed E-state index contributed by atoms with van der Waals surface area (Å²) < 4.78 is 40.0. The molecule has 1 unspecified atom stereocenters. The van der Waals surface area contributed by atoms with E-state index in [1.54, 1.807) is 0 Å². The number of carbonyl (C=O) groups is 2. The molecule has 1 heterocycles. The number of sulfonamides is 1. The van der Waals surface area contributed by atoms with E-state index < -0.39 is 28.6 Å². The fourth-order valence-corrected chi connectivity index (χ4v) is 3.05. The van der Waals surface area contributed by atoms with Crippen LogP contribution in [0.1, 0.15) is 6.92 Å². The van der Waals surface area contributed by atoms with Crippen LogP contribution in [0.2, 0.25) is 0 Å². The number of rotatable bonds is 11. The van der Waals surface area contributed by atoms with E-state index >= 15 is 0 Å². The molecule has 1 atom stereocenters. The minimum atomic E-state index is -3.69. The Kier molecular flexibility index (Phi) is 9.28. The molecule has 1 aliphatic heterocycles. The summed E-state index contributed by atoms with van der Waals surface area (Å²) in [6.45, 7) is 3.11. The number of amides is 1. The Balaban J connectivity index is 2.49. The molecule has 1 rings (SSSR count). The van der Waals surface area contributed by atoms with Crippen LogP contribution in [0, 0.1) is 0 Å². The van der Waals surface area contributed by atoms with E-state index in [4.69, 9.17) is 19.3 Å². The van der Waals surface area contributed by atoms with Crippen LogP contribution in [-0.4, -0.2) is 106 Å². The number of nitrogens with zero attached hydrogens (tertiary/aromatic N) is 2. The van der Waals surface area contributed by atoms with Crippen molar-refractivity contribution in [2.45, 2.75) is 13.0 Å². The Bertz CT molecular complexity index is 539. The number of aliphatic carboxylic acids is 1. The predicted octanol–water partition coefficient (Wildman–Crippen LogP) is -1.39. The molecule has 25 heavy (non-hydrogen) atoms. The standard InChI is InChI=1S/C14H26N2O8S/c1-3-22-6-7-23-11-13(17)15-4-5-24-12(8-15)9-16(10-14(18)19)25(2,20)21/h12H,3-11H2,1-2H3,(H,18,19). The molecule has 1 fully saturated rings. The van der Waals surface area contributed by atoms with Gasteiger partial charge in [-0.3, -0.25) is 9.59 Å². The van der Waals surface area contributed by atoms with Crippen LogP contribution < -0.4 is 0 Å². The van der Waals surface area contributed by atoms with Crippen molar-refractivity contribution in [1.82, 2.24) is 9.21 Å². The Labute approximate surface area is 147 Å². The first-order chi connectivity index (χ1) is 11.7. The van der Waals surface area contributed by atoms with Crippen molar-refractivity contribution in [3.05, 3.63) is 0 Å². The predicted molar refractivity (Wildman–Crippen MR) is 87.7 cm³/mol. The third kappa shape index (κ3) is 8.59. The molecule has 1 amide bonds. The molecule has 0 spiro atoms. The Hall–Kier alpha value is -1.27. The molecule has 0 aromatic heterocycles. The second-order valence-corrected chi connectivity index (χ2v) is 7.51. The van der Waals surface area contributed by atoms with Gasteiger partial charge in [-0.1, -0.05) is 0 Å². The van der Waals surface area contributed by atoms with Crippen molar-refractivity contribution < 1.29 is 37.3 Å². The van der Waals surface area contributed by atoms with E-state index in [9.17, 15) is 18.0 Å². The highest BCUT2D eigenvalue weighted by Gasteiger charge is 2.29. The maximum absolute atomic E-state index is 12.1. The highest BCUT2D eigenvalue weighted by molar-refractivity contribution is 7.88. The largest absolute Gasteiger partial charge is 0.480 e. The summed E-state index contributed by atoms with van der Waals surface area (Å²) in [6.07, 6.45) is 0.351. The van der Waals surface area contributed by atoms with E-state index in [2.05, 4.69) is 0 Å². The third-order valence-corrected chi connectivity index (χ3v) is 4.70. The number of morpholine rings is 1. The number of hydrogen-bond acceptors (Lipinski definition) is 7. The second-order valence-electron chi connectivity index (χ2n) is 5.53. The molecule has 10 nitrogen and oxygen atoms in total. The molecule has 1 N–H and O–H groups in total. The summed E-state index contributed by atoms with van der Waals surface area (Å²) in [5.74, 6) is -1.48. The molecular formula is C14H26N2O8S. The Morgan fingerprint density at radius 3 is 2.60 bits per heavy atom. The second kappa shape index (κ2) is 10.7. The molecule has 0 bridgehead atoms. The molecule has 11 heteroatoms. The minimum absolute atomic E-state index is 0.0925. The van der Waals surface area contributed by atoms with Crippen molar-refractivity contribution in [2.75, 3.05) is 65.5 Å². The van der Waals surface area contributed by atoms with Crippen molar-refractivity contribution in [3.63, 3.8) is 0 Å². The zero-order valence-electron chi connectivity index (χ0n) is 14.5. The third-order valence-electron chi connectivity index (χ3n) is 3.48. The summed E-state index contributed by atoms with van der Waals surface area (Å²) in [4.78, 5) is 24.5. The van der Waals surface area contributed by atoms with Gasteiger partial charge < -0.3 is 24.2 Å². The van der Waals surface area contributed by atoms with Crippen LogP contribution in [0.5, 0.6) is 0 Å². The van der Waals surface area contributed by atoms with Crippen LogP contribution in [0.4, 0.5) is 0 Å². The smallest absolute Gasteiger partial charge is 0.318 e. The minimum Gasteiger partial charge on any atom is -0.480 e. The molecule has 0 saturated carbocycles. The van der Waals surface area contributed by atoms with Crippen LogP contribution in [0.15, 0.2) is 0 Å².